The smallest absolute Gasteiger partial charge is 0.164 e. The van der Waals surface area contributed by atoms with E-state index in [1.807, 2.05) is 37.3 Å². The Bertz CT molecular complexity index is 318. The molecule has 0 aliphatic carbocycles. The van der Waals surface area contributed by atoms with E-state index in [2.05, 4.69) is 0 Å². The van der Waals surface area contributed by atoms with Gasteiger partial charge in [-0.3, -0.25) is 4.79 Å². The first-order chi connectivity index (χ1) is 6.83. The third kappa shape index (κ3) is 1.85. The quantitative estimate of drug-likeness (QED) is 0.683. The molecule has 1 aliphatic rings. The van der Waals surface area contributed by atoms with Crippen molar-refractivity contribution in [2.75, 3.05) is 0 Å². The molecule has 0 N–H and O–H groups in total. The van der Waals surface area contributed by atoms with Crippen LogP contribution in [-0.2, 0) is 9.53 Å². The molecule has 0 amide bonds. The highest BCUT2D eigenvalue weighted by Crippen LogP contribution is 2.39. The summed E-state index contributed by atoms with van der Waals surface area (Å²) in [4.78, 5) is 11.5. The normalized spacial score (nSPS) is 24.6. The Morgan fingerprint density at radius 1 is 1.36 bits per heavy atom. The van der Waals surface area contributed by atoms with Crippen LogP contribution < -0.4 is 0 Å². The van der Waals surface area contributed by atoms with Crippen LogP contribution in [0.25, 0.3) is 0 Å². The van der Waals surface area contributed by atoms with Gasteiger partial charge >= 0.3 is 0 Å². The number of hydrogen-bond acceptors (Lipinski definition) is 2. The van der Waals surface area contributed by atoms with E-state index in [1.54, 1.807) is 0 Å². The minimum atomic E-state index is -0.169. The molecule has 2 nitrogen and oxygen atoms in total. The van der Waals surface area contributed by atoms with Gasteiger partial charge in [-0.2, -0.15) is 0 Å². The third-order valence-electron chi connectivity index (χ3n) is 2.43. The summed E-state index contributed by atoms with van der Waals surface area (Å²) in [5, 5.41) is 0. The van der Waals surface area contributed by atoms with Crippen LogP contribution in [-0.4, -0.2) is 11.9 Å². The van der Waals surface area contributed by atoms with Gasteiger partial charge in [0.05, 0.1) is 0 Å². The zero-order chi connectivity index (χ0) is 9.97. The topological polar surface area (TPSA) is 29.6 Å². The van der Waals surface area contributed by atoms with Gasteiger partial charge in [-0.15, -0.1) is 0 Å². The van der Waals surface area contributed by atoms with Gasteiger partial charge in [0.2, 0.25) is 0 Å². The number of hydrogen-bond donors (Lipinski definition) is 0. The van der Waals surface area contributed by atoms with Crippen LogP contribution in [0.5, 0.6) is 0 Å². The lowest BCUT2D eigenvalue weighted by atomic mass is 10.1. The molecule has 1 saturated heterocycles. The van der Waals surface area contributed by atoms with Crippen molar-refractivity contribution in [1.82, 2.24) is 0 Å². The zero-order valence-corrected chi connectivity index (χ0v) is 8.27. The van der Waals surface area contributed by atoms with Crippen molar-refractivity contribution >= 4 is 5.78 Å². The van der Waals surface area contributed by atoms with Crippen molar-refractivity contribution < 1.29 is 9.53 Å². The maximum atomic E-state index is 11.5. The molecule has 2 heteroatoms. The number of carbonyl (C=O) groups is 1. The summed E-state index contributed by atoms with van der Waals surface area (Å²) in [5.74, 6) is 0.237. The average molecular weight is 190 g/mol. The van der Waals surface area contributed by atoms with Crippen LogP contribution in [0.4, 0.5) is 0 Å². The van der Waals surface area contributed by atoms with E-state index in [4.69, 9.17) is 4.74 Å². The van der Waals surface area contributed by atoms with Gasteiger partial charge in [-0.1, -0.05) is 37.3 Å². The Kier molecular flexibility index (Phi) is 2.64. The highest BCUT2D eigenvalue weighted by atomic mass is 16.6. The third-order valence-corrected chi connectivity index (χ3v) is 2.43. The molecule has 1 aromatic rings. The van der Waals surface area contributed by atoms with Crippen molar-refractivity contribution in [2.24, 2.45) is 0 Å². The molecule has 2 rings (SSSR count). The molecule has 74 valence electrons. The van der Waals surface area contributed by atoms with Crippen LogP contribution >= 0.6 is 0 Å². The van der Waals surface area contributed by atoms with E-state index in [0.29, 0.717) is 6.42 Å². The van der Waals surface area contributed by atoms with Crippen molar-refractivity contribution in [1.29, 1.82) is 0 Å². The molecular weight excluding hydrogens is 176 g/mol. The number of ketones is 1. The number of ether oxygens (including phenoxy) is 1. The summed E-state index contributed by atoms with van der Waals surface area (Å²) in [7, 11) is 0. The molecular formula is C12H14O2. The molecule has 0 spiro atoms. The predicted molar refractivity (Wildman–Crippen MR) is 54.0 cm³/mol. The molecule has 0 bridgehead atoms. The number of rotatable bonds is 4. The van der Waals surface area contributed by atoms with Crippen LogP contribution in [0.2, 0.25) is 0 Å². The molecule has 1 aliphatic heterocycles. The molecule has 0 aromatic heterocycles. The zero-order valence-electron chi connectivity index (χ0n) is 8.27. The Labute approximate surface area is 83.9 Å². The number of Topliss-reactive ketones (excluding diaryl/α,β-unsaturated/α-hetero) is 1. The molecule has 1 fully saturated rings. The van der Waals surface area contributed by atoms with E-state index < -0.39 is 0 Å². The number of benzene rings is 1. The fraction of sp³-hybridized carbons (Fsp3) is 0.417. The Morgan fingerprint density at radius 2 is 2.07 bits per heavy atom. The largest absolute Gasteiger partial charge is 0.356 e. The monoisotopic (exact) mass is 190 g/mol. The molecule has 14 heavy (non-hydrogen) atoms. The first kappa shape index (κ1) is 9.41. The van der Waals surface area contributed by atoms with Gasteiger partial charge in [-0.05, 0) is 12.0 Å². The van der Waals surface area contributed by atoms with Gasteiger partial charge in [0.15, 0.2) is 5.78 Å². The van der Waals surface area contributed by atoms with E-state index >= 15 is 0 Å². The lowest BCUT2D eigenvalue weighted by molar-refractivity contribution is -0.120. The average Bonchev–Trinajstić information content (AvgIpc) is 2.99. The Morgan fingerprint density at radius 3 is 2.71 bits per heavy atom. The fourth-order valence-corrected chi connectivity index (χ4v) is 1.64. The summed E-state index contributed by atoms with van der Waals surface area (Å²) < 4.78 is 5.37. The number of epoxide rings is 1. The molecule has 1 aromatic carbocycles. The summed E-state index contributed by atoms with van der Waals surface area (Å²) in [5.41, 5.74) is 1.11. The predicted octanol–water partition coefficient (Wildman–Crippen LogP) is 2.50. The van der Waals surface area contributed by atoms with Gasteiger partial charge in [-0.25, -0.2) is 0 Å². The van der Waals surface area contributed by atoms with Crippen molar-refractivity contribution in [2.45, 2.75) is 32.0 Å². The fourth-order valence-electron chi connectivity index (χ4n) is 1.64. The molecule has 0 unspecified atom stereocenters. The van der Waals surface area contributed by atoms with Crippen LogP contribution in [0.3, 0.4) is 0 Å². The van der Waals surface area contributed by atoms with Gasteiger partial charge < -0.3 is 4.74 Å². The number of carbonyl (C=O) groups excluding carboxylic acids is 1. The minimum Gasteiger partial charge on any atom is -0.356 e. The maximum absolute atomic E-state index is 11.5. The van der Waals surface area contributed by atoms with Gasteiger partial charge in [0, 0.05) is 6.42 Å². The Hall–Kier alpha value is -1.15. The first-order valence-electron chi connectivity index (χ1n) is 5.06. The Balaban J connectivity index is 1.96. The maximum Gasteiger partial charge on any atom is 0.164 e. The van der Waals surface area contributed by atoms with E-state index in [-0.39, 0.29) is 18.0 Å². The standard InChI is InChI=1S/C12H14O2/c1-2-6-10(13)12-11(14-12)9-7-4-3-5-8-9/h3-5,7-8,11-12H,2,6H2,1H3/t11-,12-/m0/s1. The summed E-state index contributed by atoms with van der Waals surface area (Å²) >= 11 is 0. The van der Waals surface area contributed by atoms with Crippen LogP contribution in [0.15, 0.2) is 30.3 Å². The van der Waals surface area contributed by atoms with Gasteiger partial charge in [0.1, 0.15) is 12.2 Å². The molecule has 2 atom stereocenters. The van der Waals surface area contributed by atoms with Crippen molar-refractivity contribution in [3.05, 3.63) is 35.9 Å². The van der Waals surface area contributed by atoms with E-state index in [9.17, 15) is 4.79 Å². The van der Waals surface area contributed by atoms with Crippen molar-refractivity contribution in [3.63, 3.8) is 0 Å². The highest BCUT2D eigenvalue weighted by Gasteiger charge is 2.44. The lowest BCUT2D eigenvalue weighted by Crippen LogP contribution is -2.06. The summed E-state index contributed by atoms with van der Waals surface area (Å²) in [6.45, 7) is 2.01. The summed E-state index contributed by atoms with van der Waals surface area (Å²) in [6.07, 6.45) is 1.39. The van der Waals surface area contributed by atoms with Crippen molar-refractivity contribution in [3.8, 4) is 0 Å². The second-order valence-corrected chi connectivity index (χ2v) is 3.60. The highest BCUT2D eigenvalue weighted by molar-refractivity contribution is 5.86. The van der Waals surface area contributed by atoms with E-state index in [0.717, 1.165) is 12.0 Å². The van der Waals surface area contributed by atoms with Crippen LogP contribution in [0.1, 0.15) is 31.4 Å². The second kappa shape index (κ2) is 3.93. The minimum absolute atomic E-state index is 0.0234. The van der Waals surface area contributed by atoms with Crippen LogP contribution in [0, 0.1) is 0 Å². The first-order valence-corrected chi connectivity index (χ1v) is 5.06. The van der Waals surface area contributed by atoms with E-state index in [1.165, 1.54) is 0 Å². The SMILES string of the molecule is CCCC(=O)[C@@H]1O[C@H]1c1ccccc1. The second-order valence-electron chi connectivity index (χ2n) is 3.60. The summed E-state index contributed by atoms with van der Waals surface area (Å²) in [6, 6.07) is 9.92. The molecule has 1 heterocycles. The molecule has 0 radical (unpaired) electrons. The lowest BCUT2D eigenvalue weighted by Gasteiger charge is -1.94. The molecule has 0 saturated carbocycles. The van der Waals surface area contributed by atoms with Gasteiger partial charge in [0.25, 0.3) is 0 Å².